The molecule has 16 heavy (non-hydrogen) atoms. The molecule has 0 N–H and O–H groups in total. The lowest BCUT2D eigenvalue weighted by Gasteiger charge is -2.03. The van der Waals surface area contributed by atoms with E-state index in [2.05, 4.69) is 4.98 Å². The molecule has 6 heteroatoms. The highest BCUT2D eigenvalue weighted by atomic mass is 19.1. The van der Waals surface area contributed by atoms with Crippen molar-refractivity contribution in [2.45, 2.75) is 6.54 Å². The first-order chi connectivity index (χ1) is 7.66. The van der Waals surface area contributed by atoms with Gasteiger partial charge in [-0.05, 0) is 12.1 Å². The molecule has 1 heterocycles. The van der Waals surface area contributed by atoms with Crippen molar-refractivity contribution < 1.29 is 9.31 Å². The van der Waals surface area contributed by atoms with Gasteiger partial charge in [-0.25, -0.2) is 9.37 Å². The van der Waals surface area contributed by atoms with Crippen LogP contribution in [-0.4, -0.2) is 14.5 Å². The van der Waals surface area contributed by atoms with Gasteiger partial charge in [0.05, 0.1) is 23.4 Å². The molecule has 2 rings (SSSR count). The van der Waals surface area contributed by atoms with E-state index in [-0.39, 0.29) is 12.2 Å². The number of aromatic nitrogens is 2. The minimum Gasteiger partial charge on any atom is -0.333 e. The summed E-state index contributed by atoms with van der Waals surface area (Å²) in [6.07, 6.45) is 4.74. The summed E-state index contributed by atoms with van der Waals surface area (Å²) >= 11 is 0. The molecule has 0 bridgehead atoms. The van der Waals surface area contributed by atoms with Gasteiger partial charge in [-0.3, -0.25) is 10.1 Å². The van der Waals surface area contributed by atoms with E-state index in [1.165, 1.54) is 12.4 Å². The number of nitro groups is 1. The summed E-state index contributed by atoms with van der Waals surface area (Å²) in [5, 5.41) is 10.7. The molecule has 0 aliphatic carbocycles. The lowest BCUT2D eigenvalue weighted by atomic mass is 10.1. The fourth-order valence-electron chi connectivity index (χ4n) is 1.44. The molecule has 2 aromatic rings. The molecule has 0 saturated heterocycles. The number of benzene rings is 1. The first-order valence-electron chi connectivity index (χ1n) is 4.55. The van der Waals surface area contributed by atoms with Crippen LogP contribution in [0.3, 0.4) is 0 Å². The van der Waals surface area contributed by atoms with Crippen molar-refractivity contribution in [3.8, 4) is 0 Å². The van der Waals surface area contributed by atoms with E-state index in [0.29, 0.717) is 5.56 Å². The minimum absolute atomic E-state index is 0.0879. The van der Waals surface area contributed by atoms with Crippen molar-refractivity contribution in [1.29, 1.82) is 0 Å². The summed E-state index contributed by atoms with van der Waals surface area (Å²) in [6, 6.07) is 3.41. The monoisotopic (exact) mass is 221 g/mol. The van der Waals surface area contributed by atoms with Crippen LogP contribution in [0.4, 0.5) is 10.1 Å². The predicted octanol–water partition coefficient (Wildman–Crippen LogP) is 1.98. The van der Waals surface area contributed by atoms with Crippen molar-refractivity contribution in [3.05, 3.63) is 58.4 Å². The molecule has 1 aromatic carbocycles. The summed E-state index contributed by atoms with van der Waals surface area (Å²) < 4.78 is 14.6. The number of nitro benzene ring substituents is 1. The highest BCUT2D eigenvalue weighted by Gasteiger charge is 2.14. The lowest BCUT2D eigenvalue weighted by Crippen LogP contribution is -2.01. The zero-order valence-electron chi connectivity index (χ0n) is 8.21. The molecular formula is C10H8FN3O2. The Bertz CT molecular complexity index is 511. The average Bonchev–Trinajstić information content (AvgIpc) is 2.70. The van der Waals surface area contributed by atoms with Crippen LogP contribution in [-0.2, 0) is 6.54 Å². The first kappa shape index (κ1) is 10.3. The third-order valence-corrected chi connectivity index (χ3v) is 2.15. The van der Waals surface area contributed by atoms with Gasteiger partial charge in [0.2, 0.25) is 0 Å². The quantitative estimate of drug-likeness (QED) is 0.588. The van der Waals surface area contributed by atoms with Crippen molar-refractivity contribution in [1.82, 2.24) is 9.55 Å². The number of nitrogens with zero attached hydrogens (tertiary/aromatic N) is 3. The Balaban J connectivity index is 2.38. The number of rotatable bonds is 3. The second-order valence-electron chi connectivity index (χ2n) is 3.27. The maximum atomic E-state index is 13.0. The van der Waals surface area contributed by atoms with Gasteiger partial charge < -0.3 is 4.57 Å². The summed E-state index contributed by atoms with van der Waals surface area (Å²) in [5.41, 5.74) is 0.234. The van der Waals surface area contributed by atoms with Gasteiger partial charge in [-0.15, -0.1) is 0 Å². The largest absolute Gasteiger partial charge is 0.333 e. The van der Waals surface area contributed by atoms with Crippen molar-refractivity contribution in [2.75, 3.05) is 0 Å². The number of halogens is 1. The van der Waals surface area contributed by atoms with Crippen LogP contribution in [0.25, 0.3) is 0 Å². The lowest BCUT2D eigenvalue weighted by molar-refractivity contribution is -0.385. The van der Waals surface area contributed by atoms with Crippen LogP contribution in [0.5, 0.6) is 0 Å². The number of hydrogen-bond donors (Lipinski definition) is 0. The zero-order valence-corrected chi connectivity index (χ0v) is 8.21. The van der Waals surface area contributed by atoms with E-state index >= 15 is 0 Å². The van der Waals surface area contributed by atoms with Gasteiger partial charge in [-0.2, -0.15) is 0 Å². The van der Waals surface area contributed by atoms with Crippen LogP contribution >= 0.6 is 0 Å². The van der Waals surface area contributed by atoms with Crippen LogP contribution in [0.1, 0.15) is 5.56 Å². The molecule has 0 unspecified atom stereocenters. The van der Waals surface area contributed by atoms with Gasteiger partial charge >= 0.3 is 0 Å². The molecule has 0 aliphatic rings. The molecule has 0 fully saturated rings. The van der Waals surface area contributed by atoms with Crippen molar-refractivity contribution in [2.24, 2.45) is 0 Å². The van der Waals surface area contributed by atoms with Crippen molar-refractivity contribution in [3.63, 3.8) is 0 Å². The van der Waals surface area contributed by atoms with Gasteiger partial charge in [-0.1, -0.05) is 0 Å². The topological polar surface area (TPSA) is 61.0 Å². The maximum Gasteiger partial charge on any atom is 0.274 e. The Kier molecular flexibility index (Phi) is 2.63. The fourth-order valence-corrected chi connectivity index (χ4v) is 1.44. The molecule has 0 amide bonds. The molecule has 0 saturated carbocycles. The maximum absolute atomic E-state index is 13.0. The van der Waals surface area contributed by atoms with E-state index in [0.717, 1.165) is 12.1 Å². The summed E-state index contributed by atoms with van der Waals surface area (Å²) in [6.45, 7) is 0.230. The standard InChI is InChI=1S/C10H8FN3O2/c11-9-1-2-10(14(15)16)8(5-9)6-13-4-3-12-7-13/h1-5,7H,6H2. The second kappa shape index (κ2) is 4.09. The SMILES string of the molecule is O=[N+]([O-])c1ccc(F)cc1Cn1ccnc1. The molecule has 0 spiro atoms. The van der Waals surface area contributed by atoms with E-state index in [1.54, 1.807) is 17.0 Å². The van der Waals surface area contributed by atoms with E-state index in [1.807, 2.05) is 0 Å². The molecule has 5 nitrogen and oxygen atoms in total. The van der Waals surface area contributed by atoms with Gasteiger partial charge in [0.1, 0.15) is 5.82 Å². The van der Waals surface area contributed by atoms with E-state index in [4.69, 9.17) is 0 Å². The third kappa shape index (κ3) is 2.05. The molecular weight excluding hydrogens is 213 g/mol. The molecule has 0 radical (unpaired) electrons. The molecule has 0 atom stereocenters. The summed E-state index contributed by atoms with van der Waals surface area (Å²) in [7, 11) is 0. The van der Waals surface area contributed by atoms with E-state index in [9.17, 15) is 14.5 Å². The Morgan fingerprint density at radius 3 is 2.94 bits per heavy atom. The van der Waals surface area contributed by atoms with E-state index < -0.39 is 10.7 Å². The third-order valence-electron chi connectivity index (χ3n) is 2.15. The normalized spacial score (nSPS) is 10.3. The molecule has 1 aromatic heterocycles. The molecule has 0 aliphatic heterocycles. The van der Waals surface area contributed by atoms with Crippen LogP contribution < -0.4 is 0 Å². The zero-order chi connectivity index (χ0) is 11.5. The summed E-state index contributed by atoms with van der Waals surface area (Å²) in [4.78, 5) is 14.0. The van der Waals surface area contributed by atoms with Crippen LogP contribution in [0.2, 0.25) is 0 Å². The Hall–Kier alpha value is -2.24. The number of hydrogen-bond acceptors (Lipinski definition) is 3. The average molecular weight is 221 g/mol. The van der Waals surface area contributed by atoms with Crippen molar-refractivity contribution >= 4 is 5.69 Å². The van der Waals surface area contributed by atoms with Gasteiger partial charge in [0, 0.05) is 18.5 Å². The van der Waals surface area contributed by atoms with Gasteiger partial charge in [0.15, 0.2) is 0 Å². The van der Waals surface area contributed by atoms with Crippen LogP contribution in [0, 0.1) is 15.9 Å². The smallest absolute Gasteiger partial charge is 0.274 e. The highest BCUT2D eigenvalue weighted by molar-refractivity contribution is 5.40. The first-order valence-corrected chi connectivity index (χ1v) is 4.55. The summed E-state index contributed by atoms with van der Waals surface area (Å²) in [5.74, 6) is -0.485. The Morgan fingerprint density at radius 1 is 1.50 bits per heavy atom. The highest BCUT2D eigenvalue weighted by Crippen LogP contribution is 2.20. The molecule has 82 valence electrons. The minimum atomic E-state index is -0.522. The predicted molar refractivity (Wildman–Crippen MR) is 54.4 cm³/mol. The Labute approximate surface area is 90.3 Å². The second-order valence-corrected chi connectivity index (χ2v) is 3.27. The number of imidazole rings is 1. The van der Waals surface area contributed by atoms with Crippen LogP contribution in [0.15, 0.2) is 36.9 Å². The van der Waals surface area contributed by atoms with Gasteiger partial charge in [0.25, 0.3) is 5.69 Å². The Morgan fingerprint density at radius 2 is 2.31 bits per heavy atom. The fraction of sp³-hybridized carbons (Fsp3) is 0.100.